The lowest BCUT2D eigenvalue weighted by atomic mass is 10.0. The lowest BCUT2D eigenvalue weighted by Gasteiger charge is -2.04. The summed E-state index contributed by atoms with van der Waals surface area (Å²) in [7, 11) is 0. The molecule has 3 rings (SSSR count). The molecule has 1 aliphatic rings. The highest BCUT2D eigenvalue weighted by molar-refractivity contribution is 6.31. The first-order valence-electron chi connectivity index (χ1n) is 7.06. The van der Waals surface area contributed by atoms with Crippen LogP contribution in [-0.2, 0) is 0 Å². The molecule has 0 saturated heterocycles. The smallest absolute Gasteiger partial charge is 0.260 e. The minimum Gasteiger partial charge on any atom is -0.398 e. The Balaban J connectivity index is 1.85. The van der Waals surface area contributed by atoms with E-state index in [0.29, 0.717) is 28.1 Å². The first kappa shape index (κ1) is 13.4. The van der Waals surface area contributed by atoms with Gasteiger partial charge in [0.15, 0.2) is 5.82 Å². The predicted octanol–water partition coefficient (Wildman–Crippen LogP) is 4.27. The molecule has 2 unspecified atom stereocenters. The number of benzene rings is 1. The molecule has 2 aromatic rings. The summed E-state index contributed by atoms with van der Waals surface area (Å²) < 4.78 is 5.37. The van der Waals surface area contributed by atoms with Gasteiger partial charge in [-0.2, -0.15) is 4.98 Å². The number of nitrogens with two attached hydrogens (primary N) is 1. The van der Waals surface area contributed by atoms with E-state index in [2.05, 4.69) is 17.1 Å². The molecule has 0 amide bonds. The third-order valence-electron chi connectivity index (χ3n) is 4.17. The van der Waals surface area contributed by atoms with E-state index in [4.69, 9.17) is 21.9 Å². The summed E-state index contributed by atoms with van der Waals surface area (Å²) in [5.41, 5.74) is 7.25. The molecule has 4 nitrogen and oxygen atoms in total. The molecule has 1 aliphatic carbocycles. The second-order valence-corrected chi connectivity index (χ2v) is 5.91. The zero-order valence-corrected chi connectivity index (χ0v) is 12.2. The van der Waals surface area contributed by atoms with E-state index in [-0.39, 0.29) is 0 Å². The average Bonchev–Trinajstić information content (AvgIpc) is 3.09. The van der Waals surface area contributed by atoms with Gasteiger partial charge in [-0.3, -0.25) is 0 Å². The number of nitrogens with zero attached hydrogens (tertiary/aromatic N) is 2. The fraction of sp³-hybridized carbons (Fsp3) is 0.467. The van der Waals surface area contributed by atoms with Gasteiger partial charge in [0.2, 0.25) is 0 Å². The first-order chi connectivity index (χ1) is 9.67. The van der Waals surface area contributed by atoms with E-state index in [0.717, 1.165) is 24.6 Å². The summed E-state index contributed by atoms with van der Waals surface area (Å²) in [5, 5.41) is 4.74. The van der Waals surface area contributed by atoms with Crippen LogP contribution in [0.4, 0.5) is 5.69 Å². The number of hydrogen-bond acceptors (Lipinski definition) is 4. The predicted molar refractivity (Wildman–Crippen MR) is 79.5 cm³/mol. The molecule has 5 heteroatoms. The van der Waals surface area contributed by atoms with E-state index < -0.39 is 0 Å². The summed E-state index contributed by atoms with van der Waals surface area (Å²) in [6.45, 7) is 2.24. The zero-order valence-electron chi connectivity index (χ0n) is 11.5. The Kier molecular flexibility index (Phi) is 3.66. The van der Waals surface area contributed by atoms with E-state index in [1.807, 2.05) is 0 Å². The van der Waals surface area contributed by atoms with Crippen LogP contribution in [0.3, 0.4) is 0 Å². The van der Waals surface area contributed by atoms with Crippen molar-refractivity contribution in [3.8, 4) is 11.5 Å². The van der Waals surface area contributed by atoms with Crippen LogP contribution in [-0.4, -0.2) is 10.1 Å². The third kappa shape index (κ3) is 2.52. The summed E-state index contributed by atoms with van der Waals surface area (Å²) in [6, 6.07) is 5.27. The molecule has 1 aromatic carbocycles. The van der Waals surface area contributed by atoms with E-state index in [1.54, 1.807) is 18.2 Å². The van der Waals surface area contributed by atoms with E-state index in [9.17, 15) is 0 Å². The Labute approximate surface area is 123 Å². The number of halogens is 1. The van der Waals surface area contributed by atoms with Crippen LogP contribution in [0, 0.1) is 5.92 Å². The second-order valence-electron chi connectivity index (χ2n) is 5.47. The fourth-order valence-corrected chi connectivity index (χ4v) is 3.08. The van der Waals surface area contributed by atoms with Crippen molar-refractivity contribution in [3.05, 3.63) is 29.0 Å². The van der Waals surface area contributed by atoms with Crippen LogP contribution in [0.5, 0.6) is 0 Å². The fourth-order valence-electron chi connectivity index (χ4n) is 2.90. The second kappa shape index (κ2) is 5.44. The lowest BCUT2D eigenvalue weighted by Crippen LogP contribution is -1.97. The van der Waals surface area contributed by atoms with Gasteiger partial charge in [-0.15, -0.1) is 0 Å². The molecule has 2 N–H and O–H groups in total. The highest BCUT2D eigenvalue weighted by Gasteiger charge is 2.28. The normalized spacial score (nSPS) is 22.3. The van der Waals surface area contributed by atoms with Crippen molar-refractivity contribution in [2.24, 2.45) is 5.92 Å². The number of anilines is 1. The third-order valence-corrected chi connectivity index (χ3v) is 4.41. The summed E-state index contributed by atoms with van der Waals surface area (Å²) in [6.07, 6.45) is 4.77. The van der Waals surface area contributed by atoms with Crippen LogP contribution in [0.1, 0.15) is 44.3 Å². The first-order valence-corrected chi connectivity index (χ1v) is 7.44. The largest absolute Gasteiger partial charge is 0.398 e. The Morgan fingerprint density at radius 2 is 2.25 bits per heavy atom. The van der Waals surface area contributed by atoms with Crippen LogP contribution >= 0.6 is 11.6 Å². The topological polar surface area (TPSA) is 64.9 Å². The van der Waals surface area contributed by atoms with Crippen molar-refractivity contribution < 1.29 is 4.52 Å². The number of nitrogen functional groups attached to an aromatic ring is 1. The molecule has 0 radical (unpaired) electrons. The molecule has 20 heavy (non-hydrogen) atoms. The molecule has 0 bridgehead atoms. The monoisotopic (exact) mass is 291 g/mol. The highest BCUT2D eigenvalue weighted by Crippen LogP contribution is 2.39. The average molecular weight is 292 g/mol. The minimum atomic E-state index is 0.415. The van der Waals surface area contributed by atoms with Gasteiger partial charge in [0.1, 0.15) is 0 Å². The lowest BCUT2D eigenvalue weighted by molar-refractivity contribution is 0.414. The van der Waals surface area contributed by atoms with Crippen molar-refractivity contribution in [1.29, 1.82) is 0 Å². The van der Waals surface area contributed by atoms with Crippen molar-refractivity contribution in [2.75, 3.05) is 5.73 Å². The Morgan fingerprint density at radius 3 is 3.00 bits per heavy atom. The maximum atomic E-state index is 5.99. The minimum absolute atomic E-state index is 0.415. The van der Waals surface area contributed by atoms with Gasteiger partial charge < -0.3 is 10.3 Å². The molecule has 106 valence electrons. The number of rotatable bonds is 3. The molecule has 0 spiro atoms. The van der Waals surface area contributed by atoms with Gasteiger partial charge >= 0.3 is 0 Å². The SMILES string of the molecule is CCC1CCC(c2noc(-c3cc(Cl)ccc3N)n2)C1. The van der Waals surface area contributed by atoms with Crippen molar-refractivity contribution >= 4 is 17.3 Å². The van der Waals surface area contributed by atoms with Crippen LogP contribution in [0.25, 0.3) is 11.5 Å². The molecule has 1 saturated carbocycles. The summed E-state index contributed by atoms with van der Waals surface area (Å²) >= 11 is 5.99. The molecule has 2 atom stereocenters. The van der Waals surface area contributed by atoms with Crippen molar-refractivity contribution in [2.45, 2.75) is 38.5 Å². The standard InChI is InChI=1S/C15H18ClN3O/c1-2-9-3-4-10(7-9)14-18-15(20-19-14)12-8-11(16)5-6-13(12)17/h5-6,8-10H,2-4,7,17H2,1H3. The van der Waals surface area contributed by atoms with Gasteiger partial charge in [0.05, 0.1) is 5.56 Å². The molecule has 1 heterocycles. The maximum absolute atomic E-state index is 5.99. The van der Waals surface area contributed by atoms with Crippen LogP contribution in [0.15, 0.2) is 22.7 Å². The van der Waals surface area contributed by atoms with Gasteiger partial charge in [-0.1, -0.05) is 30.1 Å². The number of hydrogen-bond donors (Lipinski definition) is 1. The Hall–Kier alpha value is -1.55. The van der Waals surface area contributed by atoms with Crippen molar-refractivity contribution in [1.82, 2.24) is 10.1 Å². The summed E-state index contributed by atoms with van der Waals surface area (Å²) in [5.74, 6) is 2.46. The van der Waals surface area contributed by atoms with Gasteiger partial charge in [0, 0.05) is 16.6 Å². The molecule has 0 aliphatic heterocycles. The van der Waals surface area contributed by atoms with Gasteiger partial charge in [-0.05, 0) is 43.4 Å². The molecular formula is C15H18ClN3O. The number of aromatic nitrogens is 2. The maximum Gasteiger partial charge on any atom is 0.260 e. The summed E-state index contributed by atoms with van der Waals surface area (Å²) in [4.78, 5) is 4.52. The van der Waals surface area contributed by atoms with Gasteiger partial charge in [-0.25, -0.2) is 0 Å². The van der Waals surface area contributed by atoms with Crippen LogP contribution < -0.4 is 5.73 Å². The van der Waals surface area contributed by atoms with Crippen LogP contribution in [0.2, 0.25) is 5.02 Å². The van der Waals surface area contributed by atoms with Crippen molar-refractivity contribution in [3.63, 3.8) is 0 Å². The Bertz CT molecular complexity index is 611. The highest BCUT2D eigenvalue weighted by atomic mass is 35.5. The quantitative estimate of drug-likeness (QED) is 0.858. The molecule has 1 aromatic heterocycles. The van der Waals surface area contributed by atoms with E-state index in [1.165, 1.54) is 12.8 Å². The van der Waals surface area contributed by atoms with Gasteiger partial charge in [0.25, 0.3) is 5.89 Å². The zero-order chi connectivity index (χ0) is 14.1. The van der Waals surface area contributed by atoms with E-state index >= 15 is 0 Å². The molecule has 1 fully saturated rings. The Morgan fingerprint density at radius 1 is 1.40 bits per heavy atom. The molecular weight excluding hydrogens is 274 g/mol.